The Morgan fingerprint density at radius 2 is 2.00 bits per heavy atom. The van der Waals surface area contributed by atoms with Gasteiger partial charge in [0.2, 0.25) is 0 Å². The van der Waals surface area contributed by atoms with Crippen LogP contribution in [0, 0.1) is 0 Å². The van der Waals surface area contributed by atoms with Crippen LogP contribution < -0.4 is 5.32 Å². The smallest absolute Gasteiger partial charge is 0.157 e. The van der Waals surface area contributed by atoms with Gasteiger partial charge in [0.25, 0.3) is 0 Å². The molecule has 0 saturated heterocycles. The molecule has 0 fully saturated rings. The zero-order valence-corrected chi connectivity index (χ0v) is 9.57. The highest BCUT2D eigenvalue weighted by Crippen LogP contribution is 2.13. The Morgan fingerprint density at radius 1 is 1.25 bits per heavy atom. The van der Waals surface area contributed by atoms with E-state index in [1.165, 1.54) is 5.56 Å². The molecule has 2 nitrogen and oxygen atoms in total. The second-order valence-corrected chi connectivity index (χ2v) is 4.37. The summed E-state index contributed by atoms with van der Waals surface area (Å²) in [4.78, 5) is 11.1. The number of carbonyl (C=O) groups excluding carboxylic acids is 1. The van der Waals surface area contributed by atoms with E-state index in [2.05, 4.69) is 36.5 Å². The third-order valence-electron chi connectivity index (χ3n) is 2.79. The third-order valence-corrected chi connectivity index (χ3v) is 2.79. The molecule has 1 aliphatic carbocycles. The molecule has 0 amide bonds. The van der Waals surface area contributed by atoms with Crippen molar-refractivity contribution >= 4 is 5.78 Å². The summed E-state index contributed by atoms with van der Waals surface area (Å²) >= 11 is 0. The Hall–Kier alpha value is -1.57. The first-order valence-corrected chi connectivity index (χ1v) is 5.78. The van der Waals surface area contributed by atoms with Crippen LogP contribution in [-0.2, 0) is 11.2 Å². The minimum absolute atomic E-state index is 0.245. The first-order valence-electron chi connectivity index (χ1n) is 5.78. The molecule has 16 heavy (non-hydrogen) atoms. The monoisotopic (exact) mass is 215 g/mol. The molecule has 0 heterocycles. The summed E-state index contributed by atoms with van der Waals surface area (Å²) in [5.74, 6) is 0.245. The van der Waals surface area contributed by atoms with Gasteiger partial charge in [-0.3, -0.25) is 4.79 Å². The van der Waals surface area contributed by atoms with E-state index >= 15 is 0 Å². The van der Waals surface area contributed by atoms with E-state index in [-0.39, 0.29) is 5.78 Å². The van der Waals surface area contributed by atoms with Crippen LogP contribution in [0.3, 0.4) is 0 Å². The average molecular weight is 215 g/mol. The van der Waals surface area contributed by atoms with Gasteiger partial charge in [-0.1, -0.05) is 30.3 Å². The Bertz CT molecular complexity index is 394. The average Bonchev–Trinajstić information content (AvgIpc) is 2.65. The fourth-order valence-corrected chi connectivity index (χ4v) is 2.05. The molecule has 0 radical (unpaired) electrons. The van der Waals surface area contributed by atoms with Crippen molar-refractivity contribution in [3.63, 3.8) is 0 Å². The van der Waals surface area contributed by atoms with Crippen LogP contribution in [0.1, 0.15) is 25.3 Å². The predicted octanol–water partition coefficient (Wildman–Crippen LogP) is 2.45. The van der Waals surface area contributed by atoms with Crippen molar-refractivity contribution in [2.45, 2.75) is 32.2 Å². The number of benzene rings is 1. The van der Waals surface area contributed by atoms with Gasteiger partial charge in [-0.2, -0.15) is 0 Å². The van der Waals surface area contributed by atoms with Crippen LogP contribution in [-0.4, -0.2) is 11.8 Å². The zero-order valence-electron chi connectivity index (χ0n) is 9.57. The number of rotatable bonds is 4. The van der Waals surface area contributed by atoms with Crippen molar-refractivity contribution in [2.75, 3.05) is 0 Å². The summed E-state index contributed by atoms with van der Waals surface area (Å²) in [5, 5.41) is 3.40. The first-order chi connectivity index (χ1) is 7.74. The quantitative estimate of drug-likeness (QED) is 0.836. The van der Waals surface area contributed by atoms with E-state index in [1.54, 1.807) is 6.08 Å². The minimum atomic E-state index is 0.245. The molecule has 1 N–H and O–H groups in total. The van der Waals surface area contributed by atoms with E-state index in [0.29, 0.717) is 12.5 Å². The highest BCUT2D eigenvalue weighted by Gasteiger charge is 2.13. The third kappa shape index (κ3) is 2.96. The lowest BCUT2D eigenvalue weighted by atomic mass is 10.1. The van der Waals surface area contributed by atoms with Crippen LogP contribution in [0.2, 0.25) is 0 Å². The number of hydrogen-bond donors (Lipinski definition) is 1. The number of carbonyl (C=O) groups is 1. The van der Waals surface area contributed by atoms with Crippen LogP contribution in [0.25, 0.3) is 0 Å². The fourth-order valence-electron chi connectivity index (χ4n) is 2.05. The number of nitrogens with one attached hydrogen (secondary N) is 1. The Kier molecular flexibility index (Phi) is 3.40. The number of hydrogen-bond acceptors (Lipinski definition) is 2. The van der Waals surface area contributed by atoms with Crippen molar-refractivity contribution < 1.29 is 4.79 Å². The van der Waals surface area contributed by atoms with E-state index in [1.807, 2.05) is 6.07 Å². The normalized spacial score (nSPS) is 17.1. The van der Waals surface area contributed by atoms with Crippen molar-refractivity contribution in [1.82, 2.24) is 5.32 Å². The minimum Gasteiger partial charge on any atom is -0.385 e. The maximum atomic E-state index is 11.1. The van der Waals surface area contributed by atoms with E-state index in [4.69, 9.17) is 0 Å². The summed E-state index contributed by atoms with van der Waals surface area (Å²) in [6, 6.07) is 10.8. The van der Waals surface area contributed by atoms with Crippen molar-refractivity contribution in [1.29, 1.82) is 0 Å². The summed E-state index contributed by atoms with van der Waals surface area (Å²) in [6.45, 7) is 2.15. The van der Waals surface area contributed by atoms with Crippen LogP contribution in [0.4, 0.5) is 0 Å². The van der Waals surface area contributed by atoms with Gasteiger partial charge in [-0.05, 0) is 25.3 Å². The molecule has 0 spiro atoms. The Morgan fingerprint density at radius 3 is 2.62 bits per heavy atom. The molecule has 1 aromatic carbocycles. The first kappa shape index (κ1) is 10.9. The molecular formula is C14H17NO. The lowest BCUT2D eigenvalue weighted by Gasteiger charge is -2.15. The van der Waals surface area contributed by atoms with Crippen molar-refractivity contribution in [3.05, 3.63) is 47.7 Å². The molecule has 0 aliphatic heterocycles. The highest BCUT2D eigenvalue weighted by atomic mass is 16.1. The maximum Gasteiger partial charge on any atom is 0.157 e. The number of allylic oxidation sites excluding steroid dienone is 2. The van der Waals surface area contributed by atoms with Gasteiger partial charge in [-0.25, -0.2) is 0 Å². The number of ketones is 1. The largest absolute Gasteiger partial charge is 0.385 e. The topological polar surface area (TPSA) is 29.1 Å². The molecule has 0 bridgehead atoms. The SMILES string of the molecule is CC(Cc1ccccc1)NC1=CC(=O)CC1. The Labute approximate surface area is 96.4 Å². The van der Waals surface area contributed by atoms with E-state index in [0.717, 1.165) is 18.5 Å². The van der Waals surface area contributed by atoms with E-state index < -0.39 is 0 Å². The van der Waals surface area contributed by atoms with Gasteiger partial charge in [0.15, 0.2) is 5.78 Å². The lowest BCUT2D eigenvalue weighted by Crippen LogP contribution is -2.26. The fraction of sp³-hybridized carbons (Fsp3) is 0.357. The molecule has 2 rings (SSSR count). The van der Waals surface area contributed by atoms with Crippen LogP contribution >= 0.6 is 0 Å². The standard InChI is InChI=1S/C14H17NO/c1-11(9-12-5-3-2-4-6-12)15-13-7-8-14(16)10-13/h2-6,10-11,15H,7-9H2,1H3. The molecule has 0 saturated carbocycles. The second-order valence-electron chi connectivity index (χ2n) is 4.37. The molecule has 84 valence electrons. The lowest BCUT2D eigenvalue weighted by molar-refractivity contribution is -0.114. The molecule has 1 atom stereocenters. The van der Waals surface area contributed by atoms with Crippen molar-refractivity contribution in [3.8, 4) is 0 Å². The van der Waals surface area contributed by atoms with Gasteiger partial charge in [0, 0.05) is 24.2 Å². The molecule has 1 aromatic rings. The summed E-state index contributed by atoms with van der Waals surface area (Å²) < 4.78 is 0. The zero-order chi connectivity index (χ0) is 11.4. The molecular weight excluding hydrogens is 198 g/mol. The molecule has 1 aliphatic rings. The molecule has 0 aromatic heterocycles. The van der Waals surface area contributed by atoms with Gasteiger partial charge in [-0.15, -0.1) is 0 Å². The maximum absolute atomic E-state index is 11.1. The highest BCUT2D eigenvalue weighted by molar-refractivity contribution is 5.92. The Balaban J connectivity index is 1.87. The molecule has 2 heteroatoms. The van der Waals surface area contributed by atoms with Gasteiger partial charge in [0.05, 0.1) is 0 Å². The van der Waals surface area contributed by atoms with Gasteiger partial charge >= 0.3 is 0 Å². The summed E-state index contributed by atoms with van der Waals surface area (Å²) in [5.41, 5.74) is 2.42. The van der Waals surface area contributed by atoms with Crippen LogP contribution in [0.5, 0.6) is 0 Å². The summed E-state index contributed by atoms with van der Waals surface area (Å²) in [6.07, 6.45) is 4.27. The van der Waals surface area contributed by atoms with Crippen molar-refractivity contribution in [2.24, 2.45) is 0 Å². The molecule has 1 unspecified atom stereocenters. The van der Waals surface area contributed by atoms with Gasteiger partial charge < -0.3 is 5.32 Å². The van der Waals surface area contributed by atoms with Gasteiger partial charge in [0.1, 0.15) is 0 Å². The summed E-state index contributed by atoms with van der Waals surface area (Å²) in [7, 11) is 0. The van der Waals surface area contributed by atoms with Crippen LogP contribution in [0.15, 0.2) is 42.1 Å². The second kappa shape index (κ2) is 4.97. The van der Waals surface area contributed by atoms with E-state index in [9.17, 15) is 4.79 Å². The predicted molar refractivity (Wildman–Crippen MR) is 65.1 cm³/mol.